The van der Waals surface area contributed by atoms with Gasteiger partial charge in [0.15, 0.2) is 0 Å². The molecule has 0 aromatic rings. The van der Waals surface area contributed by atoms with Gasteiger partial charge in [0.2, 0.25) is 12.3 Å². The summed E-state index contributed by atoms with van der Waals surface area (Å²) in [4.78, 5) is 35.2. The van der Waals surface area contributed by atoms with Crippen LogP contribution in [0.2, 0.25) is 0 Å². The lowest BCUT2D eigenvalue weighted by molar-refractivity contribution is -0.135. The number of amides is 2. The zero-order chi connectivity index (χ0) is 11.4. The van der Waals surface area contributed by atoms with Crippen molar-refractivity contribution in [3.8, 4) is 0 Å². The molecule has 0 saturated carbocycles. The molecule has 0 aliphatic carbocycles. The van der Waals surface area contributed by atoms with Gasteiger partial charge in [0.1, 0.15) is 6.29 Å². The fraction of sp³-hybridized carbons (Fsp3) is 0.667. The van der Waals surface area contributed by atoms with Crippen LogP contribution >= 0.6 is 0 Å². The number of carbonyl (C=O) groups is 3. The van der Waals surface area contributed by atoms with Crippen molar-refractivity contribution in [2.45, 2.75) is 12.6 Å². The third-order valence-electron chi connectivity index (χ3n) is 2.45. The molecule has 1 aliphatic rings. The van der Waals surface area contributed by atoms with Gasteiger partial charge in [-0.25, -0.2) is 0 Å². The Hall–Kier alpha value is -1.43. The molecule has 6 heteroatoms. The summed E-state index contributed by atoms with van der Waals surface area (Å²) in [5.41, 5.74) is 5.70. The number of likely N-dealkylation sites (N-methyl/N-ethyl adjacent to an activating group) is 1. The van der Waals surface area contributed by atoms with Gasteiger partial charge >= 0.3 is 0 Å². The molecular formula is C9H15N3O3. The average Bonchev–Trinajstić information content (AvgIpc) is 2.59. The van der Waals surface area contributed by atoms with Crippen molar-refractivity contribution in [1.29, 1.82) is 0 Å². The molecule has 84 valence electrons. The normalized spacial score (nSPS) is 25.1. The molecule has 1 aliphatic heterocycles. The van der Waals surface area contributed by atoms with Gasteiger partial charge < -0.3 is 20.3 Å². The van der Waals surface area contributed by atoms with Crippen molar-refractivity contribution in [2.75, 3.05) is 20.1 Å². The highest BCUT2D eigenvalue weighted by atomic mass is 16.2. The van der Waals surface area contributed by atoms with Crippen molar-refractivity contribution in [2.24, 2.45) is 11.7 Å². The lowest BCUT2D eigenvalue weighted by Crippen LogP contribution is -2.45. The second kappa shape index (κ2) is 4.88. The molecule has 1 saturated heterocycles. The maximum atomic E-state index is 11.6. The van der Waals surface area contributed by atoms with Crippen molar-refractivity contribution >= 4 is 18.6 Å². The SMILES string of the molecule is CN(C=O)CC(=O)N1CC(C=O)CC1N. The third-order valence-corrected chi connectivity index (χ3v) is 2.45. The van der Waals surface area contributed by atoms with Crippen LogP contribution in [0.4, 0.5) is 0 Å². The van der Waals surface area contributed by atoms with Crippen LogP contribution in [-0.2, 0) is 14.4 Å². The lowest BCUT2D eigenvalue weighted by atomic mass is 10.1. The summed E-state index contributed by atoms with van der Waals surface area (Å²) in [5.74, 6) is -0.396. The Morgan fingerprint density at radius 3 is 2.73 bits per heavy atom. The van der Waals surface area contributed by atoms with Crippen molar-refractivity contribution < 1.29 is 14.4 Å². The number of nitrogens with zero attached hydrogens (tertiary/aromatic N) is 2. The molecule has 1 heterocycles. The topological polar surface area (TPSA) is 83.7 Å². The molecule has 2 atom stereocenters. The highest BCUT2D eigenvalue weighted by Crippen LogP contribution is 2.18. The van der Waals surface area contributed by atoms with Crippen molar-refractivity contribution in [1.82, 2.24) is 9.80 Å². The van der Waals surface area contributed by atoms with Crippen LogP contribution in [0.5, 0.6) is 0 Å². The predicted molar refractivity (Wildman–Crippen MR) is 52.6 cm³/mol. The number of carbonyl (C=O) groups excluding carboxylic acids is 3. The Labute approximate surface area is 88.0 Å². The van der Waals surface area contributed by atoms with Crippen LogP contribution in [-0.4, -0.2) is 54.7 Å². The van der Waals surface area contributed by atoms with Crippen LogP contribution < -0.4 is 5.73 Å². The van der Waals surface area contributed by atoms with E-state index in [0.717, 1.165) is 6.29 Å². The minimum absolute atomic E-state index is 0.00276. The molecule has 2 N–H and O–H groups in total. The van der Waals surface area contributed by atoms with Gasteiger partial charge in [-0.15, -0.1) is 0 Å². The quantitative estimate of drug-likeness (QED) is 0.570. The summed E-state index contributed by atoms with van der Waals surface area (Å²) >= 11 is 0. The molecule has 0 aromatic heterocycles. The lowest BCUT2D eigenvalue weighted by Gasteiger charge is -2.22. The molecule has 0 bridgehead atoms. The molecule has 1 fully saturated rings. The van der Waals surface area contributed by atoms with Gasteiger partial charge in [0.05, 0.1) is 12.7 Å². The first-order valence-corrected chi connectivity index (χ1v) is 4.74. The Morgan fingerprint density at radius 1 is 1.60 bits per heavy atom. The monoisotopic (exact) mass is 213 g/mol. The highest BCUT2D eigenvalue weighted by Gasteiger charge is 2.32. The minimum Gasteiger partial charge on any atom is -0.339 e. The Morgan fingerprint density at radius 2 is 2.27 bits per heavy atom. The molecular weight excluding hydrogens is 198 g/mol. The third kappa shape index (κ3) is 2.76. The molecule has 6 nitrogen and oxygen atoms in total. The van der Waals surface area contributed by atoms with Gasteiger partial charge in [-0.3, -0.25) is 9.59 Å². The van der Waals surface area contributed by atoms with Crippen LogP contribution in [0, 0.1) is 5.92 Å². The average molecular weight is 213 g/mol. The fourth-order valence-corrected chi connectivity index (χ4v) is 1.63. The van der Waals surface area contributed by atoms with Crippen LogP contribution in [0.3, 0.4) is 0 Å². The second-order valence-corrected chi connectivity index (χ2v) is 3.77. The number of hydrogen-bond donors (Lipinski definition) is 1. The maximum absolute atomic E-state index is 11.6. The highest BCUT2D eigenvalue weighted by molar-refractivity contribution is 5.81. The molecule has 0 aromatic carbocycles. The van der Waals surface area contributed by atoms with Crippen molar-refractivity contribution in [3.05, 3.63) is 0 Å². The van der Waals surface area contributed by atoms with E-state index in [9.17, 15) is 14.4 Å². The first-order valence-electron chi connectivity index (χ1n) is 4.74. The van der Waals surface area contributed by atoms with E-state index in [2.05, 4.69) is 0 Å². The number of aldehydes is 1. The van der Waals surface area contributed by atoms with E-state index >= 15 is 0 Å². The molecule has 0 radical (unpaired) electrons. The van der Waals surface area contributed by atoms with E-state index in [4.69, 9.17) is 5.73 Å². The molecule has 2 unspecified atom stereocenters. The van der Waals surface area contributed by atoms with E-state index in [1.54, 1.807) is 0 Å². The smallest absolute Gasteiger partial charge is 0.243 e. The van der Waals surface area contributed by atoms with E-state index < -0.39 is 6.17 Å². The van der Waals surface area contributed by atoms with E-state index in [-0.39, 0.29) is 18.4 Å². The Balaban J connectivity index is 2.53. The summed E-state index contributed by atoms with van der Waals surface area (Å²) in [6.07, 6.45) is 1.49. The first-order chi connectivity index (χ1) is 7.08. The summed E-state index contributed by atoms with van der Waals surface area (Å²) in [6.45, 7) is 0.360. The summed E-state index contributed by atoms with van der Waals surface area (Å²) in [6, 6.07) is 0. The minimum atomic E-state index is -0.409. The fourth-order valence-electron chi connectivity index (χ4n) is 1.63. The van der Waals surface area contributed by atoms with Gasteiger partial charge in [0, 0.05) is 19.5 Å². The van der Waals surface area contributed by atoms with Gasteiger partial charge in [-0.1, -0.05) is 0 Å². The van der Waals surface area contributed by atoms with Crippen LogP contribution in [0.25, 0.3) is 0 Å². The summed E-state index contributed by atoms with van der Waals surface area (Å²) in [7, 11) is 1.52. The maximum Gasteiger partial charge on any atom is 0.243 e. The molecule has 0 spiro atoms. The number of likely N-dealkylation sites (tertiary alicyclic amines) is 1. The largest absolute Gasteiger partial charge is 0.339 e. The molecule has 15 heavy (non-hydrogen) atoms. The van der Waals surface area contributed by atoms with E-state index in [1.165, 1.54) is 16.8 Å². The first kappa shape index (κ1) is 11.6. The van der Waals surface area contributed by atoms with Crippen molar-refractivity contribution in [3.63, 3.8) is 0 Å². The van der Waals surface area contributed by atoms with E-state index in [1.807, 2.05) is 0 Å². The van der Waals surface area contributed by atoms with Crippen LogP contribution in [0.1, 0.15) is 6.42 Å². The standard InChI is InChI=1S/C9H15N3O3/c1-11(6-14)4-9(15)12-3-7(5-13)2-8(12)10/h5-8H,2-4,10H2,1H3. The number of nitrogens with two attached hydrogens (primary N) is 1. The molecule has 2 amide bonds. The number of hydrogen-bond acceptors (Lipinski definition) is 4. The van der Waals surface area contributed by atoms with E-state index in [0.29, 0.717) is 19.4 Å². The number of rotatable bonds is 4. The van der Waals surface area contributed by atoms with Crippen LogP contribution in [0.15, 0.2) is 0 Å². The predicted octanol–water partition coefficient (Wildman–Crippen LogP) is -1.59. The van der Waals surface area contributed by atoms with Gasteiger partial charge in [-0.05, 0) is 6.42 Å². The summed E-state index contributed by atoms with van der Waals surface area (Å²) in [5, 5.41) is 0. The zero-order valence-corrected chi connectivity index (χ0v) is 8.63. The Bertz CT molecular complexity index is 269. The molecule has 1 rings (SSSR count). The second-order valence-electron chi connectivity index (χ2n) is 3.77. The van der Waals surface area contributed by atoms with Gasteiger partial charge in [-0.2, -0.15) is 0 Å². The zero-order valence-electron chi connectivity index (χ0n) is 8.63. The Kier molecular flexibility index (Phi) is 3.79. The summed E-state index contributed by atoms with van der Waals surface area (Å²) < 4.78 is 0. The van der Waals surface area contributed by atoms with Gasteiger partial charge in [0.25, 0.3) is 0 Å².